The Balaban J connectivity index is 1.66. The predicted molar refractivity (Wildman–Crippen MR) is 100 cm³/mol. The van der Waals surface area contributed by atoms with Gasteiger partial charge in [-0.25, -0.2) is 9.97 Å². The SMILES string of the molecule is C=CCNc1cc(C(=O)N2CCN(c3ccccc3)CC2)nc(C)n1. The highest BCUT2D eigenvalue weighted by Gasteiger charge is 2.23. The van der Waals surface area contributed by atoms with Crippen LogP contribution < -0.4 is 10.2 Å². The van der Waals surface area contributed by atoms with Crippen molar-refractivity contribution < 1.29 is 4.79 Å². The minimum atomic E-state index is -0.0418. The molecule has 130 valence electrons. The summed E-state index contributed by atoms with van der Waals surface area (Å²) in [5, 5.41) is 3.11. The third-order valence-electron chi connectivity index (χ3n) is 4.17. The Labute approximate surface area is 148 Å². The van der Waals surface area contributed by atoms with E-state index in [0.717, 1.165) is 13.1 Å². The maximum atomic E-state index is 12.8. The van der Waals surface area contributed by atoms with E-state index in [9.17, 15) is 4.79 Å². The molecule has 6 heteroatoms. The molecule has 3 rings (SSSR count). The van der Waals surface area contributed by atoms with Gasteiger partial charge in [0, 0.05) is 44.5 Å². The lowest BCUT2D eigenvalue weighted by atomic mass is 10.2. The molecule has 0 spiro atoms. The first-order valence-corrected chi connectivity index (χ1v) is 8.47. The zero-order valence-corrected chi connectivity index (χ0v) is 14.5. The Bertz CT molecular complexity index is 739. The van der Waals surface area contributed by atoms with E-state index in [4.69, 9.17) is 0 Å². The fourth-order valence-corrected chi connectivity index (χ4v) is 2.91. The van der Waals surface area contributed by atoms with Crippen LogP contribution in [0.5, 0.6) is 0 Å². The second-order valence-electron chi connectivity index (χ2n) is 5.97. The van der Waals surface area contributed by atoms with Gasteiger partial charge in [0.2, 0.25) is 0 Å². The lowest BCUT2D eigenvalue weighted by Crippen LogP contribution is -2.49. The van der Waals surface area contributed by atoms with Gasteiger partial charge in [-0.15, -0.1) is 6.58 Å². The fourth-order valence-electron chi connectivity index (χ4n) is 2.91. The van der Waals surface area contributed by atoms with E-state index in [1.807, 2.05) is 23.1 Å². The first-order chi connectivity index (χ1) is 12.2. The van der Waals surface area contributed by atoms with Gasteiger partial charge in [-0.1, -0.05) is 24.3 Å². The third kappa shape index (κ3) is 4.15. The number of nitrogens with zero attached hydrogens (tertiary/aromatic N) is 4. The van der Waals surface area contributed by atoms with Crippen LogP contribution in [0, 0.1) is 6.92 Å². The summed E-state index contributed by atoms with van der Waals surface area (Å²) in [7, 11) is 0. The number of carbonyl (C=O) groups is 1. The number of hydrogen-bond donors (Lipinski definition) is 1. The Morgan fingerprint density at radius 1 is 1.20 bits per heavy atom. The number of aryl methyl sites for hydroxylation is 1. The molecule has 1 N–H and O–H groups in total. The molecule has 1 fully saturated rings. The van der Waals surface area contributed by atoms with Gasteiger partial charge in [-0.05, 0) is 19.1 Å². The van der Waals surface area contributed by atoms with Crippen molar-refractivity contribution in [2.45, 2.75) is 6.92 Å². The molecule has 25 heavy (non-hydrogen) atoms. The van der Waals surface area contributed by atoms with Gasteiger partial charge in [0.05, 0.1) is 0 Å². The van der Waals surface area contributed by atoms with Crippen molar-refractivity contribution in [2.75, 3.05) is 42.9 Å². The van der Waals surface area contributed by atoms with Gasteiger partial charge in [0.25, 0.3) is 5.91 Å². The monoisotopic (exact) mass is 337 g/mol. The number of amides is 1. The molecule has 1 aliphatic heterocycles. The standard InChI is InChI=1S/C19H23N5O/c1-3-9-20-18-14-17(21-15(2)22-18)19(25)24-12-10-23(11-13-24)16-7-5-4-6-8-16/h3-8,14H,1,9-13H2,2H3,(H,20,21,22). The second kappa shape index (κ2) is 7.79. The average Bonchev–Trinajstić information content (AvgIpc) is 2.66. The number of rotatable bonds is 5. The van der Waals surface area contributed by atoms with Gasteiger partial charge in [-0.2, -0.15) is 0 Å². The van der Waals surface area contributed by atoms with E-state index in [0.29, 0.717) is 37.0 Å². The lowest BCUT2D eigenvalue weighted by Gasteiger charge is -2.36. The smallest absolute Gasteiger partial charge is 0.272 e. The van der Waals surface area contributed by atoms with E-state index in [1.54, 1.807) is 19.1 Å². The summed E-state index contributed by atoms with van der Waals surface area (Å²) in [6.07, 6.45) is 1.75. The largest absolute Gasteiger partial charge is 0.368 e. The topological polar surface area (TPSA) is 61.4 Å². The average molecular weight is 337 g/mol. The van der Waals surface area contributed by atoms with Gasteiger partial charge in [-0.3, -0.25) is 4.79 Å². The van der Waals surface area contributed by atoms with Crippen LogP contribution >= 0.6 is 0 Å². The number of nitrogens with one attached hydrogen (secondary N) is 1. The van der Waals surface area contributed by atoms with Crippen molar-refractivity contribution >= 4 is 17.4 Å². The van der Waals surface area contributed by atoms with E-state index in [-0.39, 0.29) is 5.91 Å². The summed E-state index contributed by atoms with van der Waals surface area (Å²) < 4.78 is 0. The van der Waals surface area contributed by atoms with Crippen LogP contribution in [0.4, 0.5) is 11.5 Å². The number of hydrogen-bond acceptors (Lipinski definition) is 5. The van der Waals surface area contributed by atoms with E-state index in [1.165, 1.54) is 5.69 Å². The Morgan fingerprint density at radius 2 is 1.92 bits per heavy atom. The molecule has 0 bridgehead atoms. The van der Waals surface area contributed by atoms with E-state index >= 15 is 0 Å². The number of anilines is 2. The molecule has 0 unspecified atom stereocenters. The summed E-state index contributed by atoms with van der Waals surface area (Å²) in [4.78, 5) is 25.6. The molecule has 1 aromatic heterocycles. The molecule has 1 amide bonds. The first-order valence-electron chi connectivity index (χ1n) is 8.47. The van der Waals surface area contributed by atoms with Crippen LogP contribution in [0.25, 0.3) is 0 Å². The Hall–Kier alpha value is -2.89. The normalized spacial score (nSPS) is 14.3. The zero-order chi connectivity index (χ0) is 17.6. The predicted octanol–water partition coefficient (Wildman–Crippen LogP) is 2.35. The molecule has 6 nitrogen and oxygen atoms in total. The highest BCUT2D eigenvalue weighted by molar-refractivity contribution is 5.93. The summed E-state index contributed by atoms with van der Waals surface area (Å²) >= 11 is 0. The molecule has 2 aromatic rings. The molecule has 2 heterocycles. The minimum absolute atomic E-state index is 0.0418. The molecular formula is C19H23N5O. The number of piperazine rings is 1. The molecule has 0 aliphatic carbocycles. The number of benzene rings is 1. The number of aromatic nitrogens is 2. The van der Waals surface area contributed by atoms with E-state index < -0.39 is 0 Å². The van der Waals surface area contributed by atoms with Crippen LogP contribution in [0.2, 0.25) is 0 Å². The maximum absolute atomic E-state index is 12.8. The zero-order valence-electron chi connectivity index (χ0n) is 14.5. The minimum Gasteiger partial charge on any atom is -0.368 e. The van der Waals surface area contributed by atoms with Gasteiger partial charge >= 0.3 is 0 Å². The lowest BCUT2D eigenvalue weighted by molar-refractivity contribution is 0.0740. The summed E-state index contributed by atoms with van der Waals surface area (Å²) in [5.41, 5.74) is 1.63. The molecular weight excluding hydrogens is 314 g/mol. The first kappa shape index (κ1) is 17.0. The molecule has 1 saturated heterocycles. The van der Waals surface area contributed by atoms with Crippen LogP contribution in [0.1, 0.15) is 16.3 Å². The van der Waals surface area contributed by atoms with Crippen LogP contribution in [-0.2, 0) is 0 Å². The summed E-state index contributed by atoms with van der Waals surface area (Å²) in [6.45, 7) is 9.08. The summed E-state index contributed by atoms with van der Waals surface area (Å²) in [6, 6.07) is 12.0. The molecule has 0 atom stereocenters. The quantitative estimate of drug-likeness (QED) is 0.849. The molecule has 1 aliphatic rings. The van der Waals surface area contributed by atoms with Crippen molar-refractivity contribution in [3.8, 4) is 0 Å². The van der Waals surface area contributed by atoms with Crippen molar-refractivity contribution in [3.05, 3.63) is 60.6 Å². The maximum Gasteiger partial charge on any atom is 0.272 e. The van der Waals surface area contributed by atoms with Crippen molar-refractivity contribution in [2.24, 2.45) is 0 Å². The fraction of sp³-hybridized carbons (Fsp3) is 0.316. The Kier molecular flexibility index (Phi) is 5.28. The van der Waals surface area contributed by atoms with Crippen LogP contribution in [0.15, 0.2) is 49.1 Å². The molecule has 0 saturated carbocycles. The Morgan fingerprint density at radius 3 is 2.60 bits per heavy atom. The second-order valence-corrected chi connectivity index (χ2v) is 5.97. The highest BCUT2D eigenvalue weighted by atomic mass is 16.2. The van der Waals surface area contributed by atoms with Crippen molar-refractivity contribution in [1.82, 2.24) is 14.9 Å². The van der Waals surface area contributed by atoms with Crippen LogP contribution in [-0.4, -0.2) is 53.5 Å². The molecule has 1 aromatic carbocycles. The van der Waals surface area contributed by atoms with Crippen LogP contribution in [0.3, 0.4) is 0 Å². The molecule has 0 radical (unpaired) electrons. The number of para-hydroxylation sites is 1. The van der Waals surface area contributed by atoms with Crippen molar-refractivity contribution in [1.29, 1.82) is 0 Å². The van der Waals surface area contributed by atoms with E-state index in [2.05, 4.69) is 38.9 Å². The van der Waals surface area contributed by atoms with Gasteiger partial charge in [0.15, 0.2) is 0 Å². The van der Waals surface area contributed by atoms with Crippen molar-refractivity contribution in [3.63, 3.8) is 0 Å². The van der Waals surface area contributed by atoms with Gasteiger partial charge < -0.3 is 15.1 Å². The number of carbonyl (C=O) groups excluding carboxylic acids is 1. The third-order valence-corrected chi connectivity index (χ3v) is 4.17. The van der Waals surface area contributed by atoms with Gasteiger partial charge in [0.1, 0.15) is 17.3 Å². The summed E-state index contributed by atoms with van der Waals surface area (Å²) in [5.74, 6) is 1.19. The highest BCUT2D eigenvalue weighted by Crippen LogP contribution is 2.17.